The van der Waals surface area contributed by atoms with E-state index in [0.717, 1.165) is 0 Å². The maximum atomic E-state index is 8.21. The van der Waals surface area contributed by atoms with Crippen LogP contribution in [-0.4, -0.2) is 27.8 Å². The fraction of sp³-hybridized carbons (Fsp3) is 0. The van der Waals surface area contributed by atoms with Crippen molar-refractivity contribution in [3.63, 3.8) is 0 Å². The van der Waals surface area contributed by atoms with Crippen molar-refractivity contribution in [1.82, 2.24) is 4.98 Å². The van der Waals surface area contributed by atoms with Gasteiger partial charge in [-0.05, 0) is 17.7 Å². The summed E-state index contributed by atoms with van der Waals surface area (Å²) in [5.41, 5.74) is 1.18. The first-order valence-electron chi connectivity index (χ1n) is 3.17. The summed E-state index contributed by atoms with van der Waals surface area (Å²) in [5, 5.41) is 22.1. The number of rotatable bonds is 2. The lowest BCUT2D eigenvalue weighted by Gasteiger charge is -1.92. The van der Waals surface area contributed by atoms with Gasteiger partial charge in [0.25, 0.3) is 0 Å². The molecule has 12 heavy (non-hydrogen) atoms. The fourth-order valence-corrected chi connectivity index (χ4v) is 0.742. The zero-order chi connectivity index (χ0) is 8.81. The second-order valence-corrected chi connectivity index (χ2v) is 2.00. The maximum absolute atomic E-state index is 8.21. The van der Waals surface area contributed by atoms with Crippen molar-refractivity contribution in [2.45, 2.75) is 0 Å². The van der Waals surface area contributed by atoms with E-state index in [1.807, 2.05) is 0 Å². The summed E-state index contributed by atoms with van der Waals surface area (Å²) in [7, 11) is 0. The molecule has 5 nitrogen and oxygen atoms in total. The van der Waals surface area contributed by atoms with Gasteiger partial charge in [-0.1, -0.05) is 10.3 Å². The third-order valence-electron chi connectivity index (χ3n) is 1.20. The first kappa shape index (κ1) is 8.19. The van der Waals surface area contributed by atoms with Crippen molar-refractivity contribution >= 4 is 12.4 Å². The van der Waals surface area contributed by atoms with Gasteiger partial charge in [0.2, 0.25) is 0 Å². The zero-order valence-corrected chi connectivity index (χ0v) is 6.12. The molecule has 0 fully saturated rings. The van der Waals surface area contributed by atoms with E-state index >= 15 is 0 Å². The Balaban J connectivity index is 2.95. The first-order chi connectivity index (χ1) is 5.86. The van der Waals surface area contributed by atoms with Crippen molar-refractivity contribution < 1.29 is 10.4 Å². The van der Waals surface area contributed by atoms with Gasteiger partial charge in [0.1, 0.15) is 0 Å². The van der Waals surface area contributed by atoms with Crippen LogP contribution in [0.5, 0.6) is 0 Å². The standard InChI is InChI=1S/C7H7N3O2/c11-9-4-6-1-2-8-7(3-6)5-10-12/h1-5,11-12H. The van der Waals surface area contributed by atoms with Crippen LogP contribution in [0.4, 0.5) is 0 Å². The molecule has 0 spiro atoms. The molecule has 1 rings (SSSR count). The molecule has 1 aromatic rings. The first-order valence-corrected chi connectivity index (χ1v) is 3.17. The molecule has 1 aromatic heterocycles. The van der Waals surface area contributed by atoms with Crippen molar-refractivity contribution in [2.75, 3.05) is 0 Å². The Morgan fingerprint density at radius 1 is 1.25 bits per heavy atom. The van der Waals surface area contributed by atoms with Crippen LogP contribution in [0, 0.1) is 0 Å². The van der Waals surface area contributed by atoms with Gasteiger partial charge in [-0.3, -0.25) is 4.98 Å². The molecule has 0 saturated carbocycles. The Labute approximate surface area is 68.7 Å². The van der Waals surface area contributed by atoms with Crippen LogP contribution in [0.3, 0.4) is 0 Å². The van der Waals surface area contributed by atoms with E-state index in [0.29, 0.717) is 11.3 Å². The van der Waals surface area contributed by atoms with Crippen molar-refractivity contribution in [3.05, 3.63) is 29.6 Å². The Hall–Kier alpha value is -1.91. The molecule has 0 atom stereocenters. The number of oxime groups is 2. The Morgan fingerprint density at radius 2 is 2.00 bits per heavy atom. The van der Waals surface area contributed by atoms with Crippen molar-refractivity contribution in [3.8, 4) is 0 Å². The average molecular weight is 165 g/mol. The number of aromatic nitrogens is 1. The summed E-state index contributed by atoms with van der Waals surface area (Å²) in [4.78, 5) is 3.86. The van der Waals surface area contributed by atoms with Crippen LogP contribution in [-0.2, 0) is 0 Å². The molecule has 5 heteroatoms. The molecule has 0 aromatic carbocycles. The molecule has 0 bridgehead atoms. The third-order valence-corrected chi connectivity index (χ3v) is 1.20. The van der Waals surface area contributed by atoms with Gasteiger partial charge in [0.05, 0.1) is 18.1 Å². The molecule has 0 aliphatic rings. The number of pyridine rings is 1. The van der Waals surface area contributed by atoms with Gasteiger partial charge < -0.3 is 10.4 Å². The van der Waals surface area contributed by atoms with Crippen LogP contribution in [0.1, 0.15) is 11.3 Å². The monoisotopic (exact) mass is 165 g/mol. The summed E-state index contributed by atoms with van der Waals surface area (Å²) < 4.78 is 0. The molecule has 0 radical (unpaired) electrons. The molecule has 0 aliphatic carbocycles. The van der Waals surface area contributed by atoms with Gasteiger partial charge in [0.15, 0.2) is 0 Å². The van der Waals surface area contributed by atoms with Crippen LogP contribution in [0.25, 0.3) is 0 Å². The zero-order valence-electron chi connectivity index (χ0n) is 6.12. The van der Waals surface area contributed by atoms with Crippen LogP contribution >= 0.6 is 0 Å². The van der Waals surface area contributed by atoms with Crippen molar-refractivity contribution in [1.29, 1.82) is 0 Å². The minimum atomic E-state index is 0.495. The maximum Gasteiger partial charge on any atom is 0.0918 e. The Bertz CT molecular complexity index is 282. The van der Waals surface area contributed by atoms with E-state index in [4.69, 9.17) is 10.4 Å². The van der Waals surface area contributed by atoms with E-state index in [1.54, 1.807) is 12.1 Å². The highest BCUT2D eigenvalue weighted by Gasteiger charge is 1.91. The lowest BCUT2D eigenvalue weighted by atomic mass is 10.2. The summed E-state index contributed by atoms with van der Waals surface area (Å²) in [6, 6.07) is 3.27. The van der Waals surface area contributed by atoms with E-state index in [1.165, 1.54) is 18.6 Å². The SMILES string of the molecule is ON=Cc1ccnc(C=NO)c1. The number of hydrogen-bond donors (Lipinski definition) is 2. The summed E-state index contributed by atoms with van der Waals surface area (Å²) in [6.07, 6.45) is 3.97. The summed E-state index contributed by atoms with van der Waals surface area (Å²) >= 11 is 0. The Morgan fingerprint density at radius 3 is 2.67 bits per heavy atom. The molecule has 0 saturated heterocycles. The lowest BCUT2D eigenvalue weighted by molar-refractivity contribution is 0.321. The van der Waals surface area contributed by atoms with Gasteiger partial charge in [0, 0.05) is 6.20 Å². The lowest BCUT2D eigenvalue weighted by Crippen LogP contribution is -1.89. The Kier molecular flexibility index (Phi) is 2.78. The second-order valence-electron chi connectivity index (χ2n) is 2.00. The van der Waals surface area contributed by atoms with Crippen LogP contribution < -0.4 is 0 Å². The topological polar surface area (TPSA) is 78.1 Å². The van der Waals surface area contributed by atoms with E-state index in [2.05, 4.69) is 15.3 Å². The van der Waals surface area contributed by atoms with Crippen molar-refractivity contribution in [2.24, 2.45) is 10.3 Å². The van der Waals surface area contributed by atoms with Gasteiger partial charge >= 0.3 is 0 Å². The fourth-order valence-electron chi connectivity index (χ4n) is 0.742. The number of nitrogens with zero attached hydrogens (tertiary/aromatic N) is 3. The van der Waals surface area contributed by atoms with Crippen LogP contribution in [0.15, 0.2) is 28.6 Å². The predicted octanol–water partition coefficient (Wildman–Crippen LogP) is 0.698. The highest BCUT2D eigenvalue weighted by Crippen LogP contribution is 1.96. The van der Waals surface area contributed by atoms with E-state index in [-0.39, 0.29) is 0 Å². The van der Waals surface area contributed by atoms with Crippen LogP contribution in [0.2, 0.25) is 0 Å². The molecule has 62 valence electrons. The minimum absolute atomic E-state index is 0.495. The summed E-state index contributed by atoms with van der Waals surface area (Å²) in [5.74, 6) is 0. The van der Waals surface area contributed by atoms with Gasteiger partial charge in [-0.15, -0.1) is 0 Å². The molecule has 2 N–H and O–H groups in total. The summed E-state index contributed by atoms with van der Waals surface area (Å²) in [6.45, 7) is 0. The molecular formula is C7H7N3O2. The molecule has 1 heterocycles. The largest absolute Gasteiger partial charge is 0.411 e. The predicted molar refractivity (Wildman–Crippen MR) is 43.0 cm³/mol. The van der Waals surface area contributed by atoms with Gasteiger partial charge in [-0.25, -0.2) is 0 Å². The smallest absolute Gasteiger partial charge is 0.0918 e. The highest BCUT2D eigenvalue weighted by molar-refractivity contribution is 5.83. The molecular weight excluding hydrogens is 158 g/mol. The molecule has 0 unspecified atom stereocenters. The second kappa shape index (κ2) is 4.07. The number of hydrogen-bond acceptors (Lipinski definition) is 5. The highest BCUT2D eigenvalue weighted by atomic mass is 16.4. The normalized spacial score (nSPS) is 11.3. The molecule has 0 aliphatic heterocycles. The van der Waals surface area contributed by atoms with E-state index in [9.17, 15) is 0 Å². The van der Waals surface area contributed by atoms with E-state index < -0.39 is 0 Å². The molecule has 0 amide bonds. The minimum Gasteiger partial charge on any atom is -0.411 e. The average Bonchev–Trinajstić information content (AvgIpc) is 2.06. The third kappa shape index (κ3) is 2.05. The van der Waals surface area contributed by atoms with Gasteiger partial charge in [-0.2, -0.15) is 0 Å². The quantitative estimate of drug-likeness (QED) is 0.384.